The Kier molecular flexibility index (Phi) is 8.48. The summed E-state index contributed by atoms with van der Waals surface area (Å²) in [6.07, 6.45) is 7.07. The van der Waals surface area contributed by atoms with Gasteiger partial charge in [0, 0.05) is 49.5 Å². The average Bonchev–Trinajstić information content (AvgIpc) is 3.71. The summed E-state index contributed by atoms with van der Waals surface area (Å²) < 4.78 is 5.17. The van der Waals surface area contributed by atoms with E-state index in [1.165, 1.54) is 10.9 Å². The molecular formula is C30H32ClN9O2. The van der Waals surface area contributed by atoms with Gasteiger partial charge in [-0.05, 0) is 47.4 Å². The number of hydrogen-bond donors (Lipinski definition) is 2. The second-order valence-corrected chi connectivity index (χ2v) is 11.0. The molecule has 216 valence electrons. The van der Waals surface area contributed by atoms with Gasteiger partial charge in [-0.25, -0.2) is 4.98 Å². The smallest absolute Gasteiger partial charge is 0.270 e. The predicted molar refractivity (Wildman–Crippen MR) is 161 cm³/mol. The number of benzene rings is 2. The van der Waals surface area contributed by atoms with Crippen molar-refractivity contribution in [2.45, 2.75) is 32.9 Å². The second kappa shape index (κ2) is 12.4. The van der Waals surface area contributed by atoms with Gasteiger partial charge in [0.25, 0.3) is 5.91 Å². The summed E-state index contributed by atoms with van der Waals surface area (Å²) in [4.78, 5) is 30.9. The Balaban J connectivity index is 1.39. The van der Waals surface area contributed by atoms with Crippen LogP contribution in [0.2, 0.25) is 5.02 Å². The van der Waals surface area contributed by atoms with E-state index in [0.717, 1.165) is 23.4 Å². The number of carbonyl (C=O) groups excluding carboxylic acids is 2. The highest BCUT2D eigenvalue weighted by atomic mass is 35.5. The third kappa shape index (κ3) is 6.58. The van der Waals surface area contributed by atoms with Gasteiger partial charge in [-0.1, -0.05) is 48.9 Å². The van der Waals surface area contributed by atoms with E-state index in [9.17, 15) is 9.59 Å². The maximum Gasteiger partial charge on any atom is 0.270 e. The van der Waals surface area contributed by atoms with Crippen LogP contribution >= 0.6 is 11.6 Å². The van der Waals surface area contributed by atoms with Crippen molar-refractivity contribution in [1.29, 1.82) is 0 Å². The van der Waals surface area contributed by atoms with Crippen molar-refractivity contribution in [2.24, 2.45) is 20.0 Å². The normalized spacial score (nSPS) is 12.0. The van der Waals surface area contributed by atoms with Gasteiger partial charge in [-0.3, -0.25) is 19.0 Å². The molecule has 0 radical (unpaired) electrons. The lowest BCUT2D eigenvalue weighted by Crippen LogP contribution is -2.45. The third-order valence-corrected chi connectivity index (χ3v) is 7.17. The van der Waals surface area contributed by atoms with Crippen LogP contribution < -0.4 is 10.6 Å². The van der Waals surface area contributed by atoms with Gasteiger partial charge in [-0.2, -0.15) is 5.10 Å². The van der Waals surface area contributed by atoms with Crippen LogP contribution in [-0.4, -0.2) is 52.2 Å². The molecule has 0 bridgehead atoms. The van der Waals surface area contributed by atoms with Gasteiger partial charge in [0.2, 0.25) is 5.91 Å². The molecule has 1 atom stereocenters. The molecule has 5 aromatic rings. The standard InChI is InChI=1S/C30H32ClN9O2/c1-19(2)16-40-17-26(36-37-40)21-7-10-24(31)22(13-21)14-25(35-30(42)27-11-12-33-39(27)4)29(41)34-23-8-5-20(6-9-23)28-15-32-18-38(28)3/h5-13,15,17-19,25H,14,16H2,1-4H3,(H,34,41)(H,35,42)/t25-/m0/s1. The molecule has 0 aliphatic rings. The van der Waals surface area contributed by atoms with Gasteiger partial charge in [-0.15, -0.1) is 5.10 Å². The van der Waals surface area contributed by atoms with E-state index in [4.69, 9.17) is 11.6 Å². The Morgan fingerprint density at radius 1 is 1.02 bits per heavy atom. The van der Waals surface area contributed by atoms with Crippen molar-refractivity contribution < 1.29 is 9.59 Å². The van der Waals surface area contributed by atoms with Crippen LogP contribution in [0.4, 0.5) is 5.69 Å². The number of halogens is 1. The molecule has 2 N–H and O–H groups in total. The molecule has 5 rings (SSSR count). The molecule has 42 heavy (non-hydrogen) atoms. The van der Waals surface area contributed by atoms with Crippen LogP contribution in [-0.2, 0) is 31.9 Å². The fraction of sp³-hybridized carbons (Fsp3) is 0.267. The van der Waals surface area contributed by atoms with Gasteiger partial charge in [0.1, 0.15) is 17.4 Å². The zero-order valence-electron chi connectivity index (χ0n) is 23.8. The van der Waals surface area contributed by atoms with E-state index in [0.29, 0.717) is 33.6 Å². The van der Waals surface area contributed by atoms with Crippen molar-refractivity contribution in [2.75, 3.05) is 5.32 Å². The monoisotopic (exact) mass is 585 g/mol. The molecule has 0 aliphatic heterocycles. The molecule has 0 unspecified atom stereocenters. The number of rotatable bonds is 10. The first-order valence-corrected chi connectivity index (χ1v) is 13.9. The Morgan fingerprint density at radius 2 is 1.79 bits per heavy atom. The summed E-state index contributed by atoms with van der Waals surface area (Å²) >= 11 is 6.60. The largest absolute Gasteiger partial charge is 0.339 e. The van der Waals surface area contributed by atoms with Crippen molar-refractivity contribution in [1.82, 2.24) is 39.6 Å². The van der Waals surface area contributed by atoms with Crippen LogP contribution in [0.15, 0.2) is 73.4 Å². The lowest BCUT2D eigenvalue weighted by Gasteiger charge is -2.20. The molecule has 0 saturated carbocycles. The Morgan fingerprint density at radius 3 is 2.45 bits per heavy atom. The minimum atomic E-state index is -0.937. The Hall–Kier alpha value is -4.77. The minimum Gasteiger partial charge on any atom is -0.339 e. The first kappa shape index (κ1) is 28.7. The highest BCUT2D eigenvalue weighted by Crippen LogP contribution is 2.26. The number of aromatic nitrogens is 7. The zero-order chi connectivity index (χ0) is 29.8. The molecule has 11 nitrogen and oxygen atoms in total. The molecular weight excluding hydrogens is 554 g/mol. The fourth-order valence-electron chi connectivity index (χ4n) is 4.63. The summed E-state index contributed by atoms with van der Waals surface area (Å²) in [5.74, 6) is -0.386. The summed E-state index contributed by atoms with van der Waals surface area (Å²) in [6, 6.07) is 13.6. The van der Waals surface area contributed by atoms with Crippen LogP contribution in [0.5, 0.6) is 0 Å². The van der Waals surface area contributed by atoms with E-state index in [-0.39, 0.29) is 12.3 Å². The van der Waals surface area contributed by atoms with Crippen molar-refractivity contribution in [3.8, 4) is 22.5 Å². The van der Waals surface area contributed by atoms with E-state index >= 15 is 0 Å². The fourth-order valence-corrected chi connectivity index (χ4v) is 4.83. The number of nitrogens with one attached hydrogen (secondary N) is 2. The number of nitrogens with zero attached hydrogens (tertiary/aromatic N) is 7. The predicted octanol–water partition coefficient (Wildman–Crippen LogP) is 4.37. The molecule has 2 aromatic carbocycles. The SMILES string of the molecule is CC(C)Cn1cc(-c2ccc(Cl)c(C[C@H](NC(=O)c3ccnn3C)C(=O)Nc3ccc(-c4cncn4C)cc3)c2)nn1. The first-order chi connectivity index (χ1) is 20.2. The van der Waals surface area contributed by atoms with Gasteiger partial charge in [0.05, 0.1) is 24.4 Å². The quantitative estimate of drug-likeness (QED) is 0.251. The number of aryl methyl sites for hydroxylation is 2. The molecule has 0 aliphatic carbocycles. The van der Waals surface area contributed by atoms with Gasteiger partial charge in [0.15, 0.2) is 0 Å². The summed E-state index contributed by atoms with van der Waals surface area (Å²) in [5, 5.41) is 18.9. The number of anilines is 1. The minimum absolute atomic E-state index is 0.148. The molecule has 3 heterocycles. The summed E-state index contributed by atoms with van der Waals surface area (Å²) in [7, 11) is 3.59. The molecule has 12 heteroatoms. The van der Waals surface area contributed by atoms with E-state index < -0.39 is 11.9 Å². The Bertz CT molecular complexity index is 1700. The molecule has 0 spiro atoms. The number of amides is 2. The van der Waals surface area contributed by atoms with Crippen molar-refractivity contribution >= 4 is 29.1 Å². The van der Waals surface area contributed by atoms with Crippen LogP contribution in [0.25, 0.3) is 22.5 Å². The highest BCUT2D eigenvalue weighted by Gasteiger charge is 2.25. The van der Waals surface area contributed by atoms with Crippen molar-refractivity contribution in [3.05, 3.63) is 89.7 Å². The third-order valence-electron chi connectivity index (χ3n) is 6.80. The first-order valence-electron chi connectivity index (χ1n) is 13.5. The van der Waals surface area contributed by atoms with Crippen molar-refractivity contribution in [3.63, 3.8) is 0 Å². The van der Waals surface area contributed by atoms with E-state index in [2.05, 4.69) is 44.9 Å². The summed E-state index contributed by atoms with van der Waals surface area (Å²) in [5.41, 5.74) is 5.03. The van der Waals surface area contributed by atoms with E-state index in [1.807, 2.05) is 54.2 Å². The van der Waals surface area contributed by atoms with Gasteiger partial charge < -0.3 is 15.2 Å². The molecule has 3 aromatic heterocycles. The molecule has 2 amide bonds. The molecule has 0 saturated heterocycles. The van der Waals surface area contributed by atoms with Crippen LogP contribution in [0.3, 0.4) is 0 Å². The Labute approximate surface area is 248 Å². The number of carbonyl (C=O) groups is 2. The van der Waals surface area contributed by atoms with Crippen LogP contribution in [0, 0.1) is 5.92 Å². The molecule has 0 fully saturated rings. The van der Waals surface area contributed by atoms with Gasteiger partial charge >= 0.3 is 0 Å². The lowest BCUT2D eigenvalue weighted by molar-refractivity contribution is -0.118. The number of hydrogen-bond acceptors (Lipinski definition) is 6. The topological polar surface area (TPSA) is 125 Å². The van der Waals surface area contributed by atoms with E-state index in [1.54, 1.807) is 36.4 Å². The maximum absolute atomic E-state index is 13.6. The zero-order valence-corrected chi connectivity index (χ0v) is 24.6. The maximum atomic E-state index is 13.6. The van der Waals surface area contributed by atoms with Crippen LogP contribution in [0.1, 0.15) is 29.9 Å². The second-order valence-electron chi connectivity index (χ2n) is 10.6. The highest BCUT2D eigenvalue weighted by molar-refractivity contribution is 6.31. The summed E-state index contributed by atoms with van der Waals surface area (Å²) in [6.45, 7) is 4.97. The number of imidazole rings is 1. The lowest BCUT2D eigenvalue weighted by atomic mass is 10.0. The average molecular weight is 586 g/mol.